The largest absolute Gasteiger partial charge is 0.393 e. The molecule has 1 fully saturated rings. The first-order chi connectivity index (χ1) is 6.68. The summed E-state index contributed by atoms with van der Waals surface area (Å²) in [7, 11) is 0. The molecule has 0 aliphatic heterocycles. The van der Waals surface area contributed by atoms with Crippen molar-refractivity contribution in [3.8, 4) is 0 Å². The topological polar surface area (TPSA) is 35.2 Å². The van der Waals surface area contributed by atoms with Gasteiger partial charge in [0.1, 0.15) is 0 Å². The summed E-state index contributed by atoms with van der Waals surface area (Å²) >= 11 is 4.84. The summed E-state index contributed by atoms with van der Waals surface area (Å²) in [6.07, 6.45) is 7.71. The van der Waals surface area contributed by atoms with Crippen molar-refractivity contribution in [3.05, 3.63) is 0 Å². The lowest BCUT2D eigenvalue weighted by Gasteiger charge is -2.23. The smallest absolute Gasteiger partial charge is 0.0753 e. The van der Waals surface area contributed by atoms with Gasteiger partial charge in [-0.15, -0.1) is 0 Å². The van der Waals surface area contributed by atoms with Crippen LogP contribution in [0.25, 0.3) is 0 Å². The Hall–Kier alpha value is -0.150. The molecule has 2 nitrogen and oxygen atoms in total. The van der Waals surface area contributed by atoms with Crippen LogP contribution in [0.15, 0.2) is 0 Å². The van der Waals surface area contributed by atoms with Crippen LogP contribution in [0.2, 0.25) is 0 Å². The Morgan fingerprint density at radius 1 is 1.43 bits per heavy atom. The van der Waals surface area contributed by atoms with E-state index in [1.54, 1.807) is 0 Å². The third-order valence-electron chi connectivity index (χ3n) is 2.83. The van der Waals surface area contributed by atoms with Gasteiger partial charge < -0.3 is 10.5 Å². The van der Waals surface area contributed by atoms with E-state index < -0.39 is 0 Å². The summed E-state index contributed by atoms with van der Waals surface area (Å²) in [4.78, 5) is 0.557. The Morgan fingerprint density at radius 2 is 2.07 bits per heavy atom. The van der Waals surface area contributed by atoms with Gasteiger partial charge in [0, 0.05) is 13.0 Å². The van der Waals surface area contributed by atoms with Crippen LogP contribution in [0.3, 0.4) is 0 Å². The fraction of sp³-hybridized carbons (Fsp3) is 0.909. The van der Waals surface area contributed by atoms with Crippen LogP contribution < -0.4 is 5.73 Å². The molecule has 82 valence electrons. The van der Waals surface area contributed by atoms with Gasteiger partial charge in [0.05, 0.1) is 11.1 Å². The maximum Gasteiger partial charge on any atom is 0.0753 e. The highest BCUT2D eigenvalue weighted by Crippen LogP contribution is 2.24. The number of thiocarbonyl (C=S) groups is 1. The van der Waals surface area contributed by atoms with E-state index in [0.29, 0.717) is 11.4 Å². The van der Waals surface area contributed by atoms with Crippen molar-refractivity contribution < 1.29 is 4.74 Å². The molecule has 1 aliphatic rings. The molecule has 0 radical (unpaired) electrons. The zero-order chi connectivity index (χ0) is 10.4. The second kappa shape index (κ2) is 6.36. The standard InChI is InChI=1S/C11H21NOS/c1-9(7-11(12)14)13-8-10-5-3-2-4-6-10/h9-10H,2-8H2,1H3,(H2,12,14). The van der Waals surface area contributed by atoms with Crippen molar-refractivity contribution in [1.29, 1.82) is 0 Å². The molecule has 1 aliphatic carbocycles. The van der Waals surface area contributed by atoms with Crippen LogP contribution in [0.5, 0.6) is 0 Å². The molecule has 0 aromatic heterocycles. The minimum Gasteiger partial charge on any atom is -0.393 e. The normalized spacial score (nSPS) is 20.6. The lowest BCUT2D eigenvalue weighted by Crippen LogP contribution is -2.22. The van der Waals surface area contributed by atoms with Crippen LogP contribution in [-0.4, -0.2) is 17.7 Å². The number of hydrogen-bond acceptors (Lipinski definition) is 2. The molecule has 1 atom stereocenters. The molecule has 0 spiro atoms. The first-order valence-corrected chi connectivity index (χ1v) is 5.99. The maximum atomic E-state index is 5.72. The first-order valence-electron chi connectivity index (χ1n) is 5.58. The van der Waals surface area contributed by atoms with Gasteiger partial charge in [-0.25, -0.2) is 0 Å². The molecule has 14 heavy (non-hydrogen) atoms. The SMILES string of the molecule is CC(CC(N)=S)OCC1CCCCC1. The second-order valence-electron chi connectivity index (χ2n) is 4.32. The highest BCUT2D eigenvalue weighted by Gasteiger charge is 2.14. The van der Waals surface area contributed by atoms with E-state index in [1.165, 1.54) is 32.1 Å². The molecular weight excluding hydrogens is 194 g/mol. The minimum absolute atomic E-state index is 0.189. The van der Waals surface area contributed by atoms with Gasteiger partial charge >= 0.3 is 0 Å². The molecule has 1 unspecified atom stereocenters. The van der Waals surface area contributed by atoms with E-state index in [2.05, 4.69) is 0 Å². The quantitative estimate of drug-likeness (QED) is 0.716. The van der Waals surface area contributed by atoms with E-state index in [0.717, 1.165) is 12.5 Å². The summed E-state index contributed by atoms with van der Waals surface area (Å²) in [6.45, 7) is 2.94. The van der Waals surface area contributed by atoms with E-state index >= 15 is 0 Å². The van der Waals surface area contributed by atoms with Gasteiger partial charge in [0.15, 0.2) is 0 Å². The highest BCUT2D eigenvalue weighted by molar-refractivity contribution is 7.80. The summed E-state index contributed by atoms with van der Waals surface area (Å²) in [6, 6.07) is 0. The molecule has 3 heteroatoms. The molecule has 0 bridgehead atoms. The predicted molar refractivity (Wildman–Crippen MR) is 63.4 cm³/mol. The van der Waals surface area contributed by atoms with Crippen LogP contribution in [-0.2, 0) is 4.74 Å². The number of hydrogen-bond donors (Lipinski definition) is 1. The third-order valence-corrected chi connectivity index (χ3v) is 3.00. The third kappa shape index (κ3) is 4.91. The molecule has 0 aromatic rings. The Labute approximate surface area is 92.2 Å². The zero-order valence-electron chi connectivity index (χ0n) is 9.00. The van der Waals surface area contributed by atoms with Crippen molar-refractivity contribution in [3.63, 3.8) is 0 Å². The number of ether oxygens (including phenoxy) is 1. The van der Waals surface area contributed by atoms with Gasteiger partial charge in [0.25, 0.3) is 0 Å². The lowest BCUT2D eigenvalue weighted by atomic mass is 9.90. The van der Waals surface area contributed by atoms with Crippen molar-refractivity contribution in [1.82, 2.24) is 0 Å². The molecule has 2 N–H and O–H groups in total. The first kappa shape index (κ1) is 11.9. The maximum absolute atomic E-state index is 5.72. The molecule has 0 saturated heterocycles. The van der Waals surface area contributed by atoms with Crippen molar-refractivity contribution in [2.24, 2.45) is 11.7 Å². The average Bonchev–Trinajstić information content (AvgIpc) is 2.15. The van der Waals surface area contributed by atoms with E-state index in [1.807, 2.05) is 6.92 Å². The predicted octanol–water partition coefficient (Wildman–Crippen LogP) is 2.65. The number of nitrogens with two attached hydrogens (primary N) is 1. The van der Waals surface area contributed by atoms with E-state index in [4.69, 9.17) is 22.7 Å². The Balaban J connectivity index is 2.09. The summed E-state index contributed by atoms with van der Waals surface area (Å²) in [5, 5.41) is 0. The molecule has 0 heterocycles. The van der Waals surface area contributed by atoms with Gasteiger partial charge in [-0.05, 0) is 25.7 Å². The van der Waals surface area contributed by atoms with Gasteiger partial charge in [0.2, 0.25) is 0 Å². The second-order valence-corrected chi connectivity index (χ2v) is 4.84. The van der Waals surface area contributed by atoms with Crippen LogP contribution >= 0.6 is 12.2 Å². The summed E-state index contributed by atoms with van der Waals surface area (Å²) in [5.74, 6) is 0.776. The van der Waals surface area contributed by atoms with Crippen LogP contribution in [0.4, 0.5) is 0 Å². The Morgan fingerprint density at radius 3 is 2.64 bits per heavy atom. The monoisotopic (exact) mass is 215 g/mol. The molecule has 0 amide bonds. The van der Waals surface area contributed by atoms with Crippen LogP contribution in [0.1, 0.15) is 45.4 Å². The number of rotatable bonds is 5. The average molecular weight is 215 g/mol. The van der Waals surface area contributed by atoms with E-state index in [9.17, 15) is 0 Å². The van der Waals surface area contributed by atoms with Gasteiger partial charge in [-0.2, -0.15) is 0 Å². The van der Waals surface area contributed by atoms with Gasteiger partial charge in [-0.1, -0.05) is 31.5 Å². The fourth-order valence-electron chi connectivity index (χ4n) is 2.00. The molecule has 1 saturated carbocycles. The lowest BCUT2D eigenvalue weighted by molar-refractivity contribution is 0.0353. The van der Waals surface area contributed by atoms with E-state index in [-0.39, 0.29) is 6.10 Å². The highest BCUT2D eigenvalue weighted by atomic mass is 32.1. The van der Waals surface area contributed by atoms with Crippen molar-refractivity contribution >= 4 is 17.2 Å². The Bertz CT molecular complexity index is 178. The fourth-order valence-corrected chi connectivity index (χ4v) is 2.23. The van der Waals surface area contributed by atoms with Gasteiger partial charge in [-0.3, -0.25) is 0 Å². The zero-order valence-corrected chi connectivity index (χ0v) is 9.81. The van der Waals surface area contributed by atoms with Crippen molar-refractivity contribution in [2.45, 2.75) is 51.6 Å². The summed E-state index contributed by atoms with van der Waals surface area (Å²) < 4.78 is 5.72. The molecule has 0 aromatic carbocycles. The van der Waals surface area contributed by atoms with Crippen LogP contribution in [0, 0.1) is 5.92 Å². The van der Waals surface area contributed by atoms with Crippen molar-refractivity contribution in [2.75, 3.05) is 6.61 Å². The molecular formula is C11H21NOS. The molecule has 1 rings (SSSR count). The minimum atomic E-state index is 0.189. The summed E-state index contributed by atoms with van der Waals surface area (Å²) in [5.41, 5.74) is 5.45. The Kier molecular flexibility index (Phi) is 5.41.